The number of hydrogen-bond donors (Lipinski definition) is 1. The Labute approximate surface area is 236 Å². The number of amides is 1. The van der Waals surface area contributed by atoms with E-state index >= 15 is 0 Å². The first-order valence-electron chi connectivity index (χ1n) is 12.2. The van der Waals surface area contributed by atoms with Crippen LogP contribution in [0.1, 0.15) is 48.4 Å². The molecule has 2 aromatic rings. The summed E-state index contributed by atoms with van der Waals surface area (Å²) < 4.78 is 25.9. The number of anilines is 1. The maximum absolute atomic E-state index is 13.4. The molecule has 1 unspecified atom stereocenters. The predicted molar refractivity (Wildman–Crippen MR) is 156 cm³/mol. The fourth-order valence-corrected chi connectivity index (χ4v) is 7.89. The van der Waals surface area contributed by atoms with E-state index in [1.165, 1.54) is 4.90 Å². The summed E-state index contributed by atoms with van der Waals surface area (Å²) in [6.45, 7) is 4.40. The van der Waals surface area contributed by atoms with Crippen molar-refractivity contribution in [2.75, 3.05) is 16.8 Å². The molecule has 0 spiro atoms. The molecule has 12 heteroatoms. The van der Waals surface area contributed by atoms with E-state index < -0.39 is 21.4 Å². The number of unbranched alkanes of at least 4 members (excludes halogenated alkanes) is 1. The number of rotatable bonds is 8. The number of carbonyl (C=O) groups excluding carboxylic acids is 1. The quantitative estimate of drug-likeness (QED) is 0.354. The Morgan fingerprint density at radius 3 is 2.68 bits per heavy atom. The molecule has 1 atom stereocenters. The van der Waals surface area contributed by atoms with Gasteiger partial charge in [0.2, 0.25) is 0 Å². The zero-order chi connectivity index (χ0) is 27.6. The van der Waals surface area contributed by atoms with Crippen molar-refractivity contribution in [3.05, 3.63) is 66.8 Å². The second kappa shape index (κ2) is 11.6. The Morgan fingerprint density at radius 1 is 1.32 bits per heavy atom. The van der Waals surface area contributed by atoms with E-state index in [1.54, 1.807) is 23.6 Å². The zero-order valence-electron chi connectivity index (χ0n) is 21.0. The number of hydrogen-bond acceptors (Lipinski definition) is 8. The molecule has 0 saturated carbocycles. The number of aromatic nitrogens is 1. The highest BCUT2D eigenvalue weighted by atomic mass is 35.5. The van der Waals surface area contributed by atoms with Crippen molar-refractivity contribution >= 4 is 67.5 Å². The molecule has 1 aromatic carbocycles. The number of nitrogens with zero attached hydrogens (tertiary/aromatic N) is 3. The molecule has 1 aromatic heterocycles. The maximum Gasteiger partial charge on any atom is 0.270 e. The van der Waals surface area contributed by atoms with Crippen LogP contribution in [0.15, 0.2) is 34.0 Å². The SMILES string of the molecule is CCCCn1c(NCc2ccccc2Cl)c(/C=C2/SC(=S)N(C3CCS(=O)(=O)C3)C2=O)c(C)c(C#N)c1=O. The van der Waals surface area contributed by atoms with E-state index in [4.69, 9.17) is 23.8 Å². The number of halogens is 1. The minimum absolute atomic E-state index is 0.00742. The standard InChI is InChI=1S/C26H27ClN4O4S3/c1-3-4-10-30-23(29-14-17-7-5-6-8-21(17)27)19(16(2)20(13-28)24(30)32)12-22-25(33)31(26(36)37-22)18-9-11-38(34,35)15-18/h5-8,12,18,29H,3-4,9-11,14-15H2,1-2H3/b22-12+. The van der Waals surface area contributed by atoms with Gasteiger partial charge in [-0.05, 0) is 43.0 Å². The van der Waals surface area contributed by atoms with Gasteiger partial charge < -0.3 is 5.32 Å². The molecule has 2 aliphatic rings. The minimum Gasteiger partial charge on any atom is -0.367 e. The number of nitriles is 1. The van der Waals surface area contributed by atoms with Crippen LogP contribution in [0.2, 0.25) is 5.02 Å². The molecule has 4 rings (SSSR count). The van der Waals surface area contributed by atoms with Gasteiger partial charge in [0.1, 0.15) is 21.8 Å². The summed E-state index contributed by atoms with van der Waals surface area (Å²) in [5, 5.41) is 13.7. The molecule has 1 N–H and O–H groups in total. The first kappa shape index (κ1) is 28.4. The molecular weight excluding hydrogens is 564 g/mol. The van der Waals surface area contributed by atoms with Gasteiger partial charge in [-0.2, -0.15) is 5.26 Å². The predicted octanol–water partition coefficient (Wildman–Crippen LogP) is 4.48. The fourth-order valence-electron chi connectivity index (χ4n) is 4.61. The van der Waals surface area contributed by atoms with Crippen molar-refractivity contribution in [3.63, 3.8) is 0 Å². The fraction of sp³-hybridized carbons (Fsp3) is 0.385. The molecule has 2 fully saturated rings. The summed E-state index contributed by atoms with van der Waals surface area (Å²) >= 11 is 12.9. The monoisotopic (exact) mass is 590 g/mol. The van der Waals surface area contributed by atoms with Crippen LogP contribution in [0.3, 0.4) is 0 Å². The third-order valence-corrected chi connectivity index (χ3v) is 10.1. The van der Waals surface area contributed by atoms with Gasteiger partial charge >= 0.3 is 0 Å². The Kier molecular flexibility index (Phi) is 8.67. The molecule has 38 heavy (non-hydrogen) atoms. The highest BCUT2D eigenvalue weighted by Crippen LogP contribution is 2.38. The summed E-state index contributed by atoms with van der Waals surface area (Å²) in [5.41, 5.74) is 1.41. The molecule has 2 aliphatic heterocycles. The lowest BCUT2D eigenvalue weighted by atomic mass is 10.0. The van der Waals surface area contributed by atoms with Crippen molar-refractivity contribution in [2.45, 2.75) is 52.2 Å². The largest absolute Gasteiger partial charge is 0.367 e. The third-order valence-electron chi connectivity index (χ3n) is 6.69. The molecule has 0 bridgehead atoms. The highest BCUT2D eigenvalue weighted by Gasteiger charge is 2.42. The van der Waals surface area contributed by atoms with Crippen molar-refractivity contribution < 1.29 is 13.2 Å². The average molecular weight is 591 g/mol. The third kappa shape index (κ3) is 5.69. The normalized spacial score (nSPS) is 19.8. The van der Waals surface area contributed by atoms with Crippen LogP contribution in [0, 0.1) is 18.3 Å². The van der Waals surface area contributed by atoms with Crippen molar-refractivity contribution in [1.82, 2.24) is 9.47 Å². The number of thiocarbonyl (C=S) groups is 1. The molecule has 1 amide bonds. The van der Waals surface area contributed by atoms with Crippen molar-refractivity contribution in [3.8, 4) is 6.07 Å². The van der Waals surface area contributed by atoms with E-state index in [2.05, 4.69) is 5.32 Å². The second-order valence-electron chi connectivity index (χ2n) is 9.24. The lowest BCUT2D eigenvalue weighted by Gasteiger charge is -2.21. The zero-order valence-corrected chi connectivity index (χ0v) is 24.2. The van der Waals surface area contributed by atoms with Crippen LogP contribution in [0.25, 0.3) is 6.08 Å². The van der Waals surface area contributed by atoms with Crippen LogP contribution in [0.5, 0.6) is 0 Å². The summed E-state index contributed by atoms with van der Waals surface area (Å²) in [4.78, 5) is 28.4. The number of benzene rings is 1. The number of nitrogens with one attached hydrogen (secondary N) is 1. The molecule has 2 saturated heterocycles. The van der Waals surface area contributed by atoms with Crippen LogP contribution in [0.4, 0.5) is 5.82 Å². The number of carbonyl (C=O) groups is 1. The average Bonchev–Trinajstić information content (AvgIpc) is 3.36. The first-order chi connectivity index (χ1) is 18.1. The summed E-state index contributed by atoms with van der Waals surface area (Å²) in [7, 11) is -3.21. The Balaban J connectivity index is 1.81. The Hall–Kier alpha value is -2.65. The smallest absolute Gasteiger partial charge is 0.270 e. The van der Waals surface area contributed by atoms with E-state index in [0.717, 1.165) is 23.7 Å². The molecule has 3 heterocycles. The van der Waals surface area contributed by atoms with Crippen LogP contribution in [-0.2, 0) is 27.7 Å². The van der Waals surface area contributed by atoms with Gasteiger partial charge in [-0.25, -0.2) is 8.42 Å². The van der Waals surface area contributed by atoms with Crippen LogP contribution >= 0.6 is 35.6 Å². The van der Waals surface area contributed by atoms with Gasteiger partial charge in [0.25, 0.3) is 11.5 Å². The summed E-state index contributed by atoms with van der Waals surface area (Å²) in [6, 6.07) is 8.89. The van der Waals surface area contributed by atoms with Gasteiger partial charge in [-0.3, -0.25) is 19.1 Å². The van der Waals surface area contributed by atoms with Crippen molar-refractivity contribution in [1.29, 1.82) is 5.26 Å². The van der Waals surface area contributed by atoms with Crippen molar-refractivity contribution in [2.24, 2.45) is 0 Å². The van der Waals surface area contributed by atoms with E-state index in [9.17, 15) is 23.3 Å². The summed E-state index contributed by atoms with van der Waals surface area (Å²) in [5.74, 6) is 0.0188. The molecule has 8 nitrogen and oxygen atoms in total. The van der Waals surface area contributed by atoms with Gasteiger partial charge in [-0.15, -0.1) is 0 Å². The number of thioether (sulfide) groups is 1. The maximum atomic E-state index is 13.4. The topological polar surface area (TPSA) is 112 Å². The second-order valence-corrected chi connectivity index (χ2v) is 13.5. The minimum atomic E-state index is -3.21. The molecule has 0 radical (unpaired) electrons. The number of pyridine rings is 1. The Morgan fingerprint density at radius 2 is 2.05 bits per heavy atom. The van der Waals surface area contributed by atoms with E-state index in [1.807, 2.05) is 31.2 Å². The van der Waals surface area contributed by atoms with Gasteiger partial charge in [0, 0.05) is 23.7 Å². The summed E-state index contributed by atoms with van der Waals surface area (Å²) in [6.07, 6.45) is 3.54. The highest BCUT2D eigenvalue weighted by molar-refractivity contribution is 8.26. The lowest BCUT2D eigenvalue weighted by molar-refractivity contribution is -0.123. The van der Waals surface area contributed by atoms with Crippen LogP contribution in [-0.4, -0.2) is 45.7 Å². The van der Waals surface area contributed by atoms with E-state index in [-0.39, 0.29) is 23.0 Å². The lowest BCUT2D eigenvalue weighted by Crippen LogP contribution is -2.39. The molecular formula is C26H27ClN4O4S3. The molecule has 200 valence electrons. The molecule has 0 aliphatic carbocycles. The van der Waals surface area contributed by atoms with Gasteiger partial charge in [0.15, 0.2) is 9.84 Å². The van der Waals surface area contributed by atoms with Crippen LogP contribution < -0.4 is 10.9 Å². The Bertz CT molecular complexity index is 1540. The van der Waals surface area contributed by atoms with E-state index in [0.29, 0.717) is 57.1 Å². The van der Waals surface area contributed by atoms with Gasteiger partial charge in [0.05, 0.1) is 22.5 Å². The first-order valence-corrected chi connectivity index (χ1v) is 15.6. The number of sulfone groups is 1. The van der Waals surface area contributed by atoms with Gasteiger partial charge in [-0.1, -0.05) is 67.1 Å².